The third kappa shape index (κ3) is 3.03. The molecule has 1 N–H and O–H groups in total. The van der Waals surface area contributed by atoms with Crippen LogP contribution in [0.1, 0.15) is 24.6 Å². The van der Waals surface area contributed by atoms with Gasteiger partial charge in [-0.15, -0.1) is 11.3 Å². The molecule has 2 heterocycles. The number of aliphatic hydroxyl groups excluding tert-OH is 1. The van der Waals surface area contributed by atoms with Gasteiger partial charge in [-0.3, -0.25) is 0 Å². The van der Waals surface area contributed by atoms with Gasteiger partial charge in [-0.05, 0) is 37.6 Å². The molecule has 0 amide bonds. The molecule has 1 aliphatic heterocycles. The summed E-state index contributed by atoms with van der Waals surface area (Å²) in [4.78, 5) is 1.36. The van der Waals surface area contributed by atoms with E-state index in [2.05, 4.69) is 24.4 Å². The third-order valence-electron chi connectivity index (χ3n) is 3.04. The number of rotatable bonds is 4. The highest BCUT2D eigenvalue weighted by Gasteiger charge is 2.27. The summed E-state index contributed by atoms with van der Waals surface area (Å²) in [5.74, 6) is 0.347. The van der Waals surface area contributed by atoms with E-state index in [0.717, 1.165) is 25.9 Å². The average molecular weight is 226 g/mol. The van der Waals surface area contributed by atoms with Crippen molar-refractivity contribution in [1.82, 2.24) is 0 Å². The van der Waals surface area contributed by atoms with Crippen molar-refractivity contribution in [2.75, 3.05) is 6.61 Å². The Balaban J connectivity index is 1.75. The summed E-state index contributed by atoms with van der Waals surface area (Å²) < 4.78 is 5.47. The largest absolute Gasteiger partial charge is 0.393 e. The molecule has 0 spiro atoms. The number of ether oxygens (including phenoxy) is 1. The number of aryl methyl sites for hydroxylation is 1. The van der Waals surface area contributed by atoms with Crippen LogP contribution in [-0.4, -0.2) is 23.9 Å². The van der Waals surface area contributed by atoms with E-state index in [1.54, 1.807) is 11.3 Å². The van der Waals surface area contributed by atoms with Gasteiger partial charge in [0.25, 0.3) is 0 Å². The monoisotopic (exact) mass is 226 g/mol. The lowest BCUT2D eigenvalue weighted by atomic mass is 9.96. The standard InChI is InChI=1S/C12H18O2S/c1-9-7-10(8-14-9)12(13)5-4-11-3-2-6-15-11/h2-3,6,9-10,12-13H,4-5,7-8H2,1H3. The van der Waals surface area contributed by atoms with Crippen molar-refractivity contribution in [3.05, 3.63) is 22.4 Å². The molecule has 1 saturated heterocycles. The Morgan fingerprint density at radius 1 is 1.67 bits per heavy atom. The fourth-order valence-corrected chi connectivity index (χ4v) is 2.82. The number of hydrogen-bond acceptors (Lipinski definition) is 3. The first kappa shape index (κ1) is 11.1. The van der Waals surface area contributed by atoms with Gasteiger partial charge in [0.1, 0.15) is 0 Å². The van der Waals surface area contributed by atoms with Crippen LogP contribution in [0.15, 0.2) is 17.5 Å². The summed E-state index contributed by atoms with van der Waals surface area (Å²) >= 11 is 1.77. The van der Waals surface area contributed by atoms with Crippen LogP contribution in [-0.2, 0) is 11.2 Å². The Morgan fingerprint density at radius 3 is 3.13 bits per heavy atom. The minimum absolute atomic E-state index is 0.197. The summed E-state index contributed by atoms with van der Waals surface area (Å²) in [6.45, 7) is 2.80. The SMILES string of the molecule is CC1CC(C(O)CCc2cccs2)CO1. The van der Waals surface area contributed by atoms with E-state index in [9.17, 15) is 5.11 Å². The first-order valence-corrected chi connectivity index (χ1v) is 6.45. The third-order valence-corrected chi connectivity index (χ3v) is 3.98. The van der Waals surface area contributed by atoms with Gasteiger partial charge in [-0.2, -0.15) is 0 Å². The number of aliphatic hydroxyl groups is 1. The van der Waals surface area contributed by atoms with Gasteiger partial charge < -0.3 is 9.84 Å². The maximum absolute atomic E-state index is 9.99. The van der Waals surface area contributed by atoms with Crippen molar-refractivity contribution in [3.63, 3.8) is 0 Å². The second-order valence-electron chi connectivity index (χ2n) is 4.33. The topological polar surface area (TPSA) is 29.5 Å². The first-order valence-electron chi connectivity index (χ1n) is 5.57. The quantitative estimate of drug-likeness (QED) is 0.854. The van der Waals surface area contributed by atoms with Crippen molar-refractivity contribution in [3.8, 4) is 0 Å². The molecular weight excluding hydrogens is 208 g/mol. The lowest BCUT2D eigenvalue weighted by Gasteiger charge is -2.15. The molecule has 2 rings (SSSR count). The van der Waals surface area contributed by atoms with Crippen molar-refractivity contribution in [1.29, 1.82) is 0 Å². The Kier molecular flexibility index (Phi) is 3.78. The lowest BCUT2D eigenvalue weighted by Crippen LogP contribution is -2.21. The second-order valence-corrected chi connectivity index (χ2v) is 5.36. The zero-order valence-electron chi connectivity index (χ0n) is 9.06. The summed E-state index contributed by atoms with van der Waals surface area (Å²) in [5.41, 5.74) is 0. The van der Waals surface area contributed by atoms with E-state index in [1.807, 2.05) is 0 Å². The lowest BCUT2D eigenvalue weighted by molar-refractivity contribution is 0.0759. The molecule has 3 atom stereocenters. The van der Waals surface area contributed by atoms with Gasteiger partial charge in [0.15, 0.2) is 0 Å². The van der Waals surface area contributed by atoms with Crippen LogP contribution in [0.3, 0.4) is 0 Å². The molecule has 84 valence electrons. The Bertz CT molecular complexity index is 284. The molecule has 0 aliphatic carbocycles. The highest BCUT2D eigenvalue weighted by molar-refractivity contribution is 7.09. The Hall–Kier alpha value is -0.380. The van der Waals surface area contributed by atoms with Crippen molar-refractivity contribution in [2.24, 2.45) is 5.92 Å². The highest BCUT2D eigenvalue weighted by Crippen LogP contribution is 2.25. The van der Waals surface area contributed by atoms with Crippen molar-refractivity contribution < 1.29 is 9.84 Å². The minimum Gasteiger partial charge on any atom is -0.393 e. The number of thiophene rings is 1. The molecule has 1 fully saturated rings. The van der Waals surface area contributed by atoms with Gasteiger partial charge in [0.2, 0.25) is 0 Å². The molecule has 1 aromatic heterocycles. The van der Waals surface area contributed by atoms with E-state index in [0.29, 0.717) is 12.0 Å². The van der Waals surface area contributed by atoms with E-state index in [-0.39, 0.29) is 6.10 Å². The number of hydrogen-bond donors (Lipinski definition) is 1. The van der Waals surface area contributed by atoms with Gasteiger partial charge in [-0.25, -0.2) is 0 Å². The van der Waals surface area contributed by atoms with Gasteiger partial charge in [-0.1, -0.05) is 6.07 Å². The zero-order chi connectivity index (χ0) is 10.7. The van der Waals surface area contributed by atoms with Crippen molar-refractivity contribution in [2.45, 2.75) is 38.4 Å². The van der Waals surface area contributed by atoms with Gasteiger partial charge >= 0.3 is 0 Å². The molecule has 2 nitrogen and oxygen atoms in total. The molecule has 0 aromatic carbocycles. The van der Waals surface area contributed by atoms with E-state index in [1.165, 1.54) is 4.88 Å². The summed E-state index contributed by atoms with van der Waals surface area (Å²) in [5, 5.41) is 12.1. The summed E-state index contributed by atoms with van der Waals surface area (Å²) in [6, 6.07) is 4.19. The molecule has 0 saturated carbocycles. The van der Waals surface area contributed by atoms with E-state index in [4.69, 9.17) is 4.74 Å². The minimum atomic E-state index is -0.197. The fraction of sp³-hybridized carbons (Fsp3) is 0.667. The first-order chi connectivity index (χ1) is 7.25. The molecule has 0 bridgehead atoms. The van der Waals surface area contributed by atoms with Crippen LogP contribution in [0.25, 0.3) is 0 Å². The van der Waals surface area contributed by atoms with E-state index >= 15 is 0 Å². The predicted octanol–water partition coefficient (Wildman–Crippen LogP) is 2.47. The zero-order valence-corrected chi connectivity index (χ0v) is 9.87. The molecule has 1 aliphatic rings. The molecule has 3 unspecified atom stereocenters. The van der Waals surface area contributed by atoms with Crippen LogP contribution >= 0.6 is 11.3 Å². The molecule has 1 aromatic rings. The average Bonchev–Trinajstić information content (AvgIpc) is 2.84. The maximum Gasteiger partial charge on any atom is 0.0594 e. The molecule has 15 heavy (non-hydrogen) atoms. The molecular formula is C12H18O2S. The highest BCUT2D eigenvalue weighted by atomic mass is 32.1. The van der Waals surface area contributed by atoms with Gasteiger partial charge in [0, 0.05) is 10.8 Å². The molecule has 0 radical (unpaired) electrons. The predicted molar refractivity (Wildman–Crippen MR) is 62.2 cm³/mol. The van der Waals surface area contributed by atoms with Crippen LogP contribution in [0.2, 0.25) is 0 Å². The van der Waals surface area contributed by atoms with Crippen LogP contribution < -0.4 is 0 Å². The fourth-order valence-electron chi connectivity index (χ4n) is 2.10. The van der Waals surface area contributed by atoms with Crippen LogP contribution in [0.4, 0.5) is 0 Å². The van der Waals surface area contributed by atoms with Gasteiger partial charge in [0.05, 0.1) is 18.8 Å². The smallest absolute Gasteiger partial charge is 0.0594 e. The van der Waals surface area contributed by atoms with Crippen LogP contribution in [0.5, 0.6) is 0 Å². The van der Waals surface area contributed by atoms with E-state index < -0.39 is 0 Å². The molecule has 3 heteroatoms. The Morgan fingerprint density at radius 2 is 2.53 bits per heavy atom. The van der Waals surface area contributed by atoms with Crippen LogP contribution in [0, 0.1) is 5.92 Å². The maximum atomic E-state index is 9.99. The Labute approximate surface area is 94.9 Å². The van der Waals surface area contributed by atoms with Crippen molar-refractivity contribution >= 4 is 11.3 Å². The summed E-state index contributed by atoms with van der Waals surface area (Å²) in [6.07, 6.45) is 2.99. The normalized spacial score (nSPS) is 28.1. The second kappa shape index (κ2) is 5.10. The summed E-state index contributed by atoms with van der Waals surface area (Å²) in [7, 11) is 0.